The van der Waals surface area contributed by atoms with Crippen LogP contribution in [-0.2, 0) is 0 Å². The van der Waals surface area contributed by atoms with E-state index in [0.29, 0.717) is 5.92 Å². The van der Waals surface area contributed by atoms with Gasteiger partial charge in [0.05, 0.1) is 0 Å². The zero-order chi connectivity index (χ0) is 14.4. The number of rotatable bonds is 7. The molecule has 1 aromatic rings. The van der Waals surface area contributed by atoms with Crippen molar-refractivity contribution in [1.82, 2.24) is 4.90 Å². The summed E-state index contributed by atoms with van der Waals surface area (Å²) in [4.78, 5) is 2.46. The quantitative estimate of drug-likeness (QED) is 0.816. The molecule has 0 aliphatic carbocycles. The Bertz CT molecular complexity index is 379. The number of nitrogens with zero attached hydrogens (tertiary/aromatic N) is 1. The summed E-state index contributed by atoms with van der Waals surface area (Å²) in [6.45, 7) is 10.9. The van der Waals surface area contributed by atoms with E-state index in [2.05, 4.69) is 38.7 Å². The van der Waals surface area contributed by atoms with Crippen molar-refractivity contribution >= 4 is 11.6 Å². The monoisotopic (exact) mass is 282 g/mol. The Kier molecular flexibility index (Phi) is 6.84. The van der Waals surface area contributed by atoms with Crippen molar-refractivity contribution in [2.45, 2.75) is 46.2 Å². The van der Waals surface area contributed by atoms with Crippen LogP contribution in [0.4, 0.5) is 0 Å². The van der Waals surface area contributed by atoms with Crippen molar-refractivity contribution in [1.29, 1.82) is 0 Å². The van der Waals surface area contributed by atoms with Gasteiger partial charge in [-0.15, -0.1) is 0 Å². The third-order valence-corrected chi connectivity index (χ3v) is 3.97. The van der Waals surface area contributed by atoms with E-state index in [9.17, 15) is 0 Å². The third kappa shape index (κ3) is 4.79. The zero-order valence-corrected chi connectivity index (χ0v) is 13.3. The molecule has 3 unspecified atom stereocenters. The molecule has 2 nitrogen and oxygen atoms in total. The fourth-order valence-corrected chi connectivity index (χ4v) is 2.70. The Morgan fingerprint density at radius 3 is 2.42 bits per heavy atom. The van der Waals surface area contributed by atoms with Crippen LogP contribution >= 0.6 is 11.6 Å². The molecule has 0 spiro atoms. The van der Waals surface area contributed by atoms with Gasteiger partial charge >= 0.3 is 0 Å². The first-order valence-corrected chi connectivity index (χ1v) is 7.62. The summed E-state index contributed by atoms with van der Waals surface area (Å²) in [5.74, 6) is 0.681. The highest BCUT2D eigenvalue weighted by atomic mass is 35.5. The molecule has 0 radical (unpaired) electrons. The minimum absolute atomic E-state index is 0.0856. The molecule has 0 aliphatic heterocycles. The Labute approximate surface area is 122 Å². The first-order chi connectivity index (χ1) is 8.99. The van der Waals surface area contributed by atoms with Crippen LogP contribution in [0.1, 0.15) is 45.7 Å². The van der Waals surface area contributed by atoms with Crippen molar-refractivity contribution in [3.8, 4) is 0 Å². The Morgan fingerprint density at radius 1 is 1.26 bits per heavy atom. The lowest BCUT2D eigenvalue weighted by Crippen LogP contribution is -2.41. The molecule has 2 N–H and O–H groups in total. The van der Waals surface area contributed by atoms with Gasteiger partial charge in [-0.2, -0.15) is 0 Å². The summed E-state index contributed by atoms with van der Waals surface area (Å²) in [5, 5.41) is 0.780. The Hall–Kier alpha value is -0.570. The molecule has 1 rings (SSSR count). The predicted octanol–water partition coefficient (Wildman–Crippen LogP) is 4.10. The standard InChI is InChI=1S/C16H27ClN2/c1-5-12(3)11-19(6-2)16(13(4)18)14-8-7-9-15(17)10-14/h7-10,12-13,16H,5-6,11,18H2,1-4H3. The summed E-state index contributed by atoms with van der Waals surface area (Å²) >= 11 is 6.12. The molecular weight excluding hydrogens is 256 g/mol. The lowest BCUT2D eigenvalue weighted by molar-refractivity contribution is 0.160. The fraction of sp³-hybridized carbons (Fsp3) is 0.625. The molecule has 1 aromatic carbocycles. The maximum atomic E-state index is 6.23. The molecule has 0 saturated heterocycles. The molecule has 0 saturated carbocycles. The third-order valence-electron chi connectivity index (χ3n) is 3.73. The van der Waals surface area contributed by atoms with E-state index in [1.165, 1.54) is 12.0 Å². The Morgan fingerprint density at radius 2 is 1.95 bits per heavy atom. The number of halogens is 1. The van der Waals surface area contributed by atoms with Crippen molar-refractivity contribution in [2.24, 2.45) is 11.7 Å². The average Bonchev–Trinajstić information content (AvgIpc) is 2.37. The van der Waals surface area contributed by atoms with Crippen LogP contribution in [0.25, 0.3) is 0 Å². The topological polar surface area (TPSA) is 29.3 Å². The summed E-state index contributed by atoms with van der Waals surface area (Å²) in [7, 11) is 0. The van der Waals surface area contributed by atoms with Gasteiger partial charge in [0.25, 0.3) is 0 Å². The van der Waals surface area contributed by atoms with E-state index in [-0.39, 0.29) is 12.1 Å². The minimum Gasteiger partial charge on any atom is -0.326 e. The molecule has 108 valence electrons. The number of nitrogens with two attached hydrogens (primary N) is 1. The summed E-state index contributed by atoms with van der Waals surface area (Å²) in [6, 6.07) is 8.40. The fourth-order valence-electron chi connectivity index (χ4n) is 2.51. The largest absolute Gasteiger partial charge is 0.326 e. The van der Waals surface area contributed by atoms with Gasteiger partial charge in [-0.05, 0) is 37.1 Å². The van der Waals surface area contributed by atoms with Gasteiger partial charge in [-0.25, -0.2) is 0 Å². The maximum Gasteiger partial charge on any atom is 0.0496 e. The van der Waals surface area contributed by atoms with Gasteiger partial charge in [0.15, 0.2) is 0 Å². The second-order valence-electron chi connectivity index (χ2n) is 5.46. The molecule has 3 atom stereocenters. The zero-order valence-electron chi connectivity index (χ0n) is 12.6. The van der Waals surface area contributed by atoms with E-state index in [1.54, 1.807) is 0 Å². The van der Waals surface area contributed by atoms with Crippen molar-refractivity contribution in [3.63, 3.8) is 0 Å². The van der Waals surface area contributed by atoms with E-state index < -0.39 is 0 Å². The minimum atomic E-state index is 0.0856. The second kappa shape index (κ2) is 7.88. The normalized spacial score (nSPS) is 16.4. The van der Waals surface area contributed by atoms with Crippen molar-refractivity contribution < 1.29 is 0 Å². The van der Waals surface area contributed by atoms with E-state index in [0.717, 1.165) is 18.1 Å². The molecule has 0 aromatic heterocycles. The molecular formula is C16H27ClN2. The highest BCUT2D eigenvalue weighted by Crippen LogP contribution is 2.26. The van der Waals surface area contributed by atoms with Crippen LogP contribution < -0.4 is 5.73 Å². The van der Waals surface area contributed by atoms with E-state index in [1.807, 2.05) is 18.2 Å². The van der Waals surface area contributed by atoms with Gasteiger partial charge in [-0.1, -0.05) is 50.9 Å². The maximum absolute atomic E-state index is 6.23. The van der Waals surface area contributed by atoms with Crippen molar-refractivity contribution in [2.75, 3.05) is 13.1 Å². The second-order valence-corrected chi connectivity index (χ2v) is 5.90. The summed E-state index contributed by atoms with van der Waals surface area (Å²) < 4.78 is 0. The van der Waals surface area contributed by atoms with E-state index >= 15 is 0 Å². The Balaban J connectivity index is 2.98. The predicted molar refractivity (Wildman–Crippen MR) is 84.5 cm³/mol. The van der Waals surface area contributed by atoms with Gasteiger partial charge in [0.2, 0.25) is 0 Å². The molecule has 3 heteroatoms. The van der Waals surface area contributed by atoms with Gasteiger partial charge in [0.1, 0.15) is 0 Å². The molecule has 0 aliphatic rings. The highest BCUT2D eigenvalue weighted by molar-refractivity contribution is 6.30. The lowest BCUT2D eigenvalue weighted by Gasteiger charge is -2.35. The smallest absolute Gasteiger partial charge is 0.0496 e. The summed E-state index contributed by atoms with van der Waals surface area (Å²) in [5.41, 5.74) is 7.44. The first kappa shape index (κ1) is 16.5. The van der Waals surface area contributed by atoms with E-state index in [4.69, 9.17) is 17.3 Å². The number of hydrogen-bond acceptors (Lipinski definition) is 2. The van der Waals surface area contributed by atoms with Crippen LogP contribution in [0.3, 0.4) is 0 Å². The highest BCUT2D eigenvalue weighted by Gasteiger charge is 2.24. The van der Waals surface area contributed by atoms with Crippen LogP contribution in [0.15, 0.2) is 24.3 Å². The first-order valence-electron chi connectivity index (χ1n) is 7.24. The molecule has 0 amide bonds. The van der Waals surface area contributed by atoms with Crippen molar-refractivity contribution in [3.05, 3.63) is 34.9 Å². The summed E-state index contributed by atoms with van der Waals surface area (Å²) in [6.07, 6.45) is 1.19. The van der Waals surface area contributed by atoms with Crippen LogP contribution in [0.2, 0.25) is 5.02 Å². The van der Waals surface area contributed by atoms with Crippen LogP contribution in [0.5, 0.6) is 0 Å². The molecule has 0 fully saturated rings. The molecule has 0 heterocycles. The number of hydrogen-bond donors (Lipinski definition) is 1. The number of benzene rings is 1. The van der Waals surface area contributed by atoms with Crippen LogP contribution in [-0.4, -0.2) is 24.0 Å². The molecule has 19 heavy (non-hydrogen) atoms. The number of likely N-dealkylation sites (N-methyl/N-ethyl adjacent to an activating group) is 1. The van der Waals surface area contributed by atoms with Gasteiger partial charge in [-0.3, -0.25) is 4.90 Å². The average molecular weight is 283 g/mol. The van der Waals surface area contributed by atoms with Crippen LogP contribution in [0, 0.1) is 5.92 Å². The molecule has 0 bridgehead atoms. The lowest BCUT2D eigenvalue weighted by atomic mass is 9.97. The SMILES string of the molecule is CCC(C)CN(CC)C(c1cccc(Cl)c1)C(C)N. The van der Waals surface area contributed by atoms with Gasteiger partial charge < -0.3 is 5.73 Å². The van der Waals surface area contributed by atoms with Gasteiger partial charge in [0, 0.05) is 23.7 Å².